The van der Waals surface area contributed by atoms with Gasteiger partial charge < -0.3 is 25.1 Å². The summed E-state index contributed by atoms with van der Waals surface area (Å²) in [5.74, 6) is -1.72. The Hall–Kier alpha value is -4.30. The van der Waals surface area contributed by atoms with Crippen LogP contribution in [-0.2, 0) is 13.0 Å². The van der Waals surface area contributed by atoms with Crippen LogP contribution in [-0.4, -0.2) is 45.3 Å². The van der Waals surface area contributed by atoms with E-state index in [2.05, 4.69) is 22.3 Å². The van der Waals surface area contributed by atoms with Crippen LogP contribution < -0.4 is 10.7 Å². The van der Waals surface area contributed by atoms with Crippen molar-refractivity contribution in [2.75, 3.05) is 13.1 Å². The maximum absolute atomic E-state index is 13.6. The van der Waals surface area contributed by atoms with Crippen molar-refractivity contribution in [1.29, 1.82) is 0 Å². The molecular weight excluding hydrogens is 520 g/mol. The molecule has 8 heteroatoms. The van der Waals surface area contributed by atoms with E-state index in [1.807, 2.05) is 32.0 Å². The minimum atomic E-state index is -0.742. The van der Waals surface area contributed by atoms with Crippen molar-refractivity contribution in [2.45, 2.75) is 52.6 Å². The predicted octanol–water partition coefficient (Wildman–Crippen LogP) is 5.48. The molecule has 0 radical (unpaired) electrons. The summed E-state index contributed by atoms with van der Waals surface area (Å²) in [5, 5.41) is 34.3. The molecule has 1 saturated heterocycles. The third-order valence-corrected chi connectivity index (χ3v) is 7.75. The molecule has 1 aliphatic rings. The molecular formula is C33H36N2O6. The van der Waals surface area contributed by atoms with Crippen LogP contribution in [0.3, 0.4) is 0 Å². The maximum atomic E-state index is 13.6. The van der Waals surface area contributed by atoms with Gasteiger partial charge in [0.05, 0.1) is 5.56 Å². The summed E-state index contributed by atoms with van der Waals surface area (Å²) in [4.78, 5) is 29.0. The summed E-state index contributed by atoms with van der Waals surface area (Å²) in [6.45, 7) is 8.23. The molecule has 0 spiro atoms. The third-order valence-electron chi connectivity index (χ3n) is 7.75. The van der Waals surface area contributed by atoms with Gasteiger partial charge in [0.25, 0.3) is 5.91 Å². The molecule has 214 valence electrons. The van der Waals surface area contributed by atoms with Gasteiger partial charge in [-0.3, -0.25) is 14.5 Å². The Bertz CT molecular complexity index is 1620. The number of hydrogen-bond acceptors (Lipinski definition) is 7. The maximum Gasteiger partial charge on any atom is 0.251 e. The van der Waals surface area contributed by atoms with Crippen LogP contribution >= 0.6 is 0 Å². The van der Waals surface area contributed by atoms with Crippen molar-refractivity contribution < 1.29 is 24.5 Å². The number of phenolic OH excluding ortho intramolecular Hbond substituents is 3. The lowest BCUT2D eigenvalue weighted by Gasteiger charge is -2.32. The fraction of sp³-hybridized carbons (Fsp3) is 0.333. The normalized spacial score (nSPS) is 14.5. The van der Waals surface area contributed by atoms with E-state index in [9.17, 15) is 24.9 Å². The Morgan fingerprint density at radius 1 is 0.976 bits per heavy atom. The Morgan fingerprint density at radius 3 is 2.27 bits per heavy atom. The molecule has 1 amide bonds. The van der Waals surface area contributed by atoms with Gasteiger partial charge in [0, 0.05) is 36.8 Å². The van der Waals surface area contributed by atoms with Crippen LogP contribution in [0.4, 0.5) is 0 Å². The zero-order valence-corrected chi connectivity index (χ0v) is 23.6. The molecule has 4 aromatic rings. The molecule has 41 heavy (non-hydrogen) atoms. The van der Waals surface area contributed by atoms with Gasteiger partial charge in [0.1, 0.15) is 16.7 Å². The first-order chi connectivity index (χ1) is 19.6. The first kappa shape index (κ1) is 28.2. The molecule has 2 heterocycles. The topological polar surface area (TPSA) is 123 Å². The smallest absolute Gasteiger partial charge is 0.251 e. The van der Waals surface area contributed by atoms with E-state index < -0.39 is 22.7 Å². The second-order valence-electron chi connectivity index (χ2n) is 11.3. The van der Waals surface area contributed by atoms with Gasteiger partial charge >= 0.3 is 0 Å². The van der Waals surface area contributed by atoms with Crippen molar-refractivity contribution in [2.24, 2.45) is 5.92 Å². The van der Waals surface area contributed by atoms with Gasteiger partial charge in [0.15, 0.2) is 11.5 Å². The number of phenols is 3. The van der Waals surface area contributed by atoms with E-state index in [1.165, 1.54) is 5.56 Å². The van der Waals surface area contributed by atoms with E-state index in [1.54, 1.807) is 31.2 Å². The van der Waals surface area contributed by atoms with Crippen molar-refractivity contribution >= 4 is 16.9 Å². The van der Waals surface area contributed by atoms with E-state index in [0.29, 0.717) is 23.3 Å². The van der Waals surface area contributed by atoms with Gasteiger partial charge in [0.2, 0.25) is 11.2 Å². The SMILES string of the molecule is Cc1oc2c(CC(C)C)c(O)c(O)c(O)c2c(=O)c1-c1ccc(C(=O)NC2CCN(Cc3ccccc3)CC2)cc1. The van der Waals surface area contributed by atoms with E-state index >= 15 is 0 Å². The number of benzene rings is 3. The lowest BCUT2D eigenvalue weighted by atomic mass is 9.95. The Balaban J connectivity index is 1.33. The number of fused-ring (bicyclic) bond motifs is 1. The second-order valence-corrected chi connectivity index (χ2v) is 11.3. The molecule has 0 unspecified atom stereocenters. The van der Waals surface area contributed by atoms with Crippen molar-refractivity contribution in [3.63, 3.8) is 0 Å². The van der Waals surface area contributed by atoms with E-state index in [4.69, 9.17) is 4.42 Å². The average Bonchev–Trinajstić information content (AvgIpc) is 2.95. The molecule has 1 aromatic heterocycles. The lowest BCUT2D eigenvalue weighted by Crippen LogP contribution is -2.44. The molecule has 0 atom stereocenters. The zero-order chi connectivity index (χ0) is 29.3. The van der Waals surface area contributed by atoms with Crippen LogP contribution in [0.1, 0.15) is 53.9 Å². The summed E-state index contributed by atoms with van der Waals surface area (Å²) in [7, 11) is 0. The highest BCUT2D eigenvalue weighted by Gasteiger charge is 2.26. The van der Waals surface area contributed by atoms with E-state index in [0.717, 1.165) is 32.5 Å². The minimum Gasteiger partial charge on any atom is -0.504 e. The number of rotatable bonds is 7. The Kier molecular flexibility index (Phi) is 8.03. The number of nitrogens with zero attached hydrogens (tertiary/aromatic N) is 1. The fourth-order valence-corrected chi connectivity index (χ4v) is 5.62. The highest BCUT2D eigenvalue weighted by Crippen LogP contribution is 2.45. The van der Waals surface area contributed by atoms with Gasteiger partial charge in [-0.15, -0.1) is 0 Å². The lowest BCUT2D eigenvalue weighted by molar-refractivity contribution is 0.0909. The molecule has 3 aromatic carbocycles. The van der Waals surface area contributed by atoms with Gasteiger partial charge in [-0.2, -0.15) is 0 Å². The summed E-state index contributed by atoms with van der Waals surface area (Å²) < 4.78 is 5.99. The molecule has 0 saturated carbocycles. The number of likely N-dealkylation sites (tertiary alicyclic amines) is 1. The van der Waals surface area contributed by atoms with Crippen molar-refractivity contribution in [3.8, 4) is 28.4 Å². The molecule has 1 aliphatic heterocycles. The summed E-state index contributed by atoms with van der Waals surface area (Å²) in [6, 6.07) is 17.1. The minimum absolute atomic E-state index is 0.0589. The third kappa shape index (κ3) is 5.79. The van der Waals surface area contributed by atoms with Gasteiger partial charge in [-0.25, -0.2) is 0 Å². The Labute approximate surface area is 238 Å². The number of carbonyl (C=O) groups excluding carboxylic acids is 1. The standard InChI is InChI=1S/C33H36N2O6/c1-19(2)17-25-28(36)31(39)30(38)27-29(37)26(20(3)41-32(25)27)22-9-11-23(12-10-22)33(40)34-24-13-15-35(16-14-24)18-21-7-5-4-6-8-21/h4-12,19,24,36,38-39H,13-18H2,1-3H3,(H,34,40). The number of carbonyl (C=O) groups is 1. The summed E-state index contributed by atoms with van der Waals surface area (Å²) in [5.41, 5.74) is 2.30. The highest BCUT2D eigenvalue weighted by molar-refractivity contribution is 5.96. The fourth-order valence-electron chi connectivity index (χ4n) is 5.62. The summed E-state index contributed by atoms with van der Waals surface area (Å²) >= 11 is 0. The first-order valence-corrected chi connectivity index (χ1v) is 14.0. The number of aryl methyl sites for hydroxylation is 1. The molecule has 8 nitrogen and oxygen atoms in total. The van der Waals surface area contributed by atoms with Crippen LogP contribution in [0, 0.1) is 12.8 Å². The molecule has 5 rings (SSSR count). The number of amides is 1. The number of aromatic hydroxyl groups is 3. The van der Waals surface area contributed by atoms with Crippen molar-refractivity contribution in [3.05, 3.63) is 87.3 Å². The highest BCUT2D eigenvalue weighted by atomic mass is 16.3. The summed E-state index contributed by atoms with van der Waals surface area (Å²) in [6.07, 6.45) is 2.09. The van der Waals surface area contributed by atoms with Gasteiger partial charge in [-0.1, -0.05) is 56.3 Å². The Morgan fingerprint density at radius 2 is 1.63 bits per heavy atom. The van der Waals surface area contributed by atoms with Gasteiger partial charge in [-0.05, 0) is 55.4 Å². The molecule has 1 fully saturated rings. The van der Waals surface area contributed by atoms with Crippen LogP contribution in [0.5, 0.6) is 17.2 Å². The average molecular weight is 557 g/mol. The number of nitrogens with one attached hydrogen (secondary N) is 1. The van der Waals surface area contributed by atoms with Crippen LogP contribution in [0.2, 0.25) is 0 Å². The molecule has 0 bridgehead atoms. The van der Waals surface area contributed by atoms with Crippen LogP contribution in [0.25, 0.3) is 22.1 Å². The quantitative estimate of drug-likeness (QED) is 0.222. The first-order valence-electron chi connectivity index (χ1n) is 14.0. The zero-order valence-electron chi connectivity index (χ0n) is 23.6. The molecule has 4 N–H and O–H groups in total. The largest absolute Gasteiger partial charge is 0.504 e. The molecule has 0 aliphatic carbocycles. The number of hydrogen-bond donors (Lipinski definition) is 4. The van der Waals surface area contributed by atoms with E-state index in [-0.39, 0.29) is 40.0 Å². The number of piperidine rings is 1. The predicted molar refractivity (Wildman–Crippen MR) is 158 cm³/mol. The second kappa shape index (κ2) is 11.7. The van der Waals surface area contributed by atoms with Crippen LogP contribution in [0.15, 0.2) is 63.8 Å². The van der Waals surface area contributed by atoms with Crippen molar-refractivity contribution in [1.82, 2.24) is 10.2 Å². The monoisotopic (exact) mass is 556 g/mol.